The van der Waals surface area contributed by atoms with E-state index in [1.807, 2.05) is 0 Å². The Morgan fingerprint density at radius 2 is 1.80 bits per heavy atom. The second-order valence-electron chi connectivity index (χ2n) is 6.83. The van der Waals surface area contributed by atoms with Gasteiger partial charge in [0, 0.05) is 49.5 Å². The summed E-state index contributed by atoms with van der Waals surface area (Å²) >= 11 is 1.32. The minimum atomic E-state index is -4.36. The third-order valence-corrected chi connectivity index (χ3v) is 5.79. The van der Waals surface area contributed by atoms with Crippen molar-refractivity contribution in [3.63, 3.8) is 0 Å². The van der Waals surface area contributed by atoms with E-state index in [0.29, 0.717) is 42.4 Å². The SMILES string of the molecule is O=C(Cc1csc(-c2ccc(C(F)(F)F)cc2)n1)N1CCN(c2cnccn2)CC1. The first kappa shape index (κ1) is 20.3. The van der Waals surface area contributed by atoms with Gasteiger partial charge in [0.05, 0.1) is 23.9 Å². The van der Waals surface area contributed by atoms with Gasteiger partial charge in [-0.25, -0.2) is 9.97 Å². The first-order valence-corrected chi connectivity index (χ1v) is 10.2. The van der Waals surface area contributed by atoms with Crippen LogP contribution < -0.4 is 4.90 Å². The van der Waals surface area contributed by atoms with Crippen molar-refractivity contribution in [1.29, 1.82) is 0 Å². The van der Waals surface area contributed by atoms with Gasteiger partial charge in [0.2, 0.25) is 5.91 Å². The van der Waals surface area contributed by atoms with Crippen molar-refractivity contribution in [3.8, 4) is 10.6 Å². The number of nitrogens with zero attached hydrogens (tertiary/aromatic N) is 5. The molecule has 1 saturated heterocycles. The molecule has 156 valence electrons. The van der Waals surface area contributed by atoms with Crippen molar-refractivity contribution >= 4 is 23.1 Å². The van der Waals surface area contributed by atoms with Gasteiger partial charge in [-0.2, -0.15) is 13.2 Å². The Hall–Kier alpha value is -3.01. The lowest BCUT2D eigenvalue weighted by atomic mass is 10.1. The van der Waals surface area contributed by atoms with Gasteiger partial charge in [0.15, 0.2) is 0 Å². The number of amides is 1. The van der Waals surface area contributed by atoms with Gasteiger partial charge in [-0.1, -0.05) is 12.1 Å². The second-order valence-corrected chi connectivity index (χ2v) is 7.69. The van der Waals surface area contributed by atoms with E-state index in [1.54, 1.807) is 28.9 Å². The van der Waals surface area contributed by atoms with E-state index in [4.69, 9.17) is 0 Å². The maximum atomic E-state index is 12.7. The minimum Gasteiger partial charge on any atom is -0.352 e. The molecule has 1 aliphatic rings. The van der Waals surface area contributed by atoms with E-state index < -0.39 is 11.7 Å². The lowest BCUT2D eigenvalue weighted by Gasteiger charge is -2.35. The molecule has 2 aromatic heterocycles. The molecule has 0 saturated carbocycles. The number of carbonyl (C=O) groups is 1. The summed E-state index contributed by atoms with van der Waals surface area (Å²) in [6.45, 7) is 2.53. The van der Waals surface area contributed by atoms with E-state index >= 15 is 0 Å². The first-order valence-electron chi connectivity index (χ1n) is 9.31. The number of aromatic nitrogens is 3. The molecule has 0 unspecified atom stereocenters. The van der Waals surface area contributed by atoms with Gasteiger partial charge in [0.1, 0.15) is 10.8 Å². The predicted octanol–water partition coefficient (Wildman–Crippen LogP) is 3.51. The van der Waals surface area contributed by atoms with Crippen LogP contribution in [0.25, 0.3) is 10.6 Å². The first-order chi connectivity index (χ1) is 14.4. The van der Waals surface area contributed by atoms with E-state index in [1.165, 1.54) is 23.5 Å². The summed E-state index contributed by atoms with van der Waals surface area (Å²) in [4.78, 5) is 29.3. The van der Waals surface area contributed by atoms with Crippen LogP contribution in [0.15, 0.2) is 48.2 Å². The molecule has 0 radical (unpaired) electrons. The van der Waals surface area contributed by atoms with Gasteiger partial charge in [-0.15, -0.1) is 11.3 Å². The standard InChI is InChI=1S/C20H18F3N5OS/c21-20(22,23)15-3-1-14(2-4-15)19-26-16(13-30-19)11-18(29)28-9-7-27(8-10-28)17-12-24-5-6-25-17/h1-6,12-13H,7-11H2. The number of halogens is 3. The summed E-state index contributed by atoms with van der Waals surface area (Å²) in [6, 6.07) is 4.88. The normalized spacial score (nSPS) is 14.8. The predicted molar refractivity (Wildman–Crippen MR) is 107 cm³/mol. The molecule has 10 heteroatoms. The molecule has 1 aliphatic heterocycles. The molecule has 0 N–H and O–H groups in total. The molecule has 3 heterocycles. The summed E-state index contributed by atoms with van der Waals surface area (Å²) < 4.78 is 38.1. The largest absolute Gasteiger partial charge is 0.416 e. The van der Waals surface area contributed by atoms with Gasteiger partial charge >= 0.3 is 6.18 Å². The lowest BCUT2D eigenvalue weighted by molar-refractivity contribution is -0.137. The van der Waals surface area contributed by atoms with Crippen LogP contribution in [0.2, 0.25) is 0 Å². The Labute approximate surface area is 175 Å². The highest BCUT2D eigenvalue weighted by atomic mass is 32.1. The van der Waals surface area contributed by atoms with Crippen LogP contribution in [0.5, 0.6) is 0 Å². The van der Waals surface area contributed by atoms with Crippen LogP contribution in [0, 0.1) is 0 Å². The lowest BCUT2D eigenvalue weighted by Crippen LogP contribution is -2.49. The number of alkyl halides is 3. The summed E-state index contributed by atoms with van der Waals surface area (Å²) in [7, 11) is 0. The van der Waals surface area contributed by atoms with Crippen molar-refractivity contribution in [1.82, 2.24) is 19.9 Å². The fourth-order valence-corrected chi connectivity index (χ4v) is 4.05. The van der Waals surface area contributed by atoms with Gasteiger partial charge < -0.3 is 9.80 Å². The number of hydrogen-bond acceptors (Lipinski definition) is 6. The van der Waals surface area contributed by atoms with Crippen molar-refractivity contribution in [2.24, 2.45) is 0 Å². The number of anilines is 1. The number of piperazine rings is 1. The molecule has 0 aliphatic carbocycles. The van der Waals surface area contributed by atoms with Crippen molar-refractivity contribution in [3.05, 3.63) is 59.5 Å². The Bertz CT molecular complexity index is 999. The Balaban J connectivity index is 1.34. The fourth-order valence-electron chi connectivity index (χ4n) is 3.23. The van der Waals surface area contributed by atoms with Crippen LogP contribution in [0.4, 0.5) is 19.0 Å². The Morgan fingerprint density at radius 3 is 2.43 bits per heavy atom. The van der Waals surface area contributed by atoms with Gasteiger partial charge in [-0.3, -0.25) is 9.78 Å². The molecule has 1 amide bonds. The molecule has 0 spiro atoms. The van der Waals surface area contributed by atoms with E-state index in [9.17, 15) is 18.0 Å². The van der Waals surface area contributed by atoms with E-state index in [0.717, 1.165) is 18.0 Å². The zero-order chi connectivity index (χ0) is 21.1. The molecule has 1 fully saturated rings. The maximum Gasteiger partial charge on any atom is 0.416 e. The zero-order valence-electron chi connectivity index (χ0n) is 15.8. The Morgan fingerprint density at radius 1 is 1.07 bits per heavy atom. The highest BCUT2D eigenvalue weighted by Gasteiger charge is 2.30. The second kappa shape index (κ2) is 8.39. The van der Waals surface area contributed by atoms with Crippen LogP contribution in [-0.2, 0) is 17.4 Å². The van der Waals surface area contributed by atoms with Crippen molar-refractivity contribution in [2.75, 3.05) is 31.1 Å². The number of carbonyl (C=O) groups excluding carboxylic acids is 1. The minimum absolute atomic E-state index is 0.0157. The fraction of sp³-hybridized carbons (Fsp3) is 0.300. The van der Waals surface area contributed by atoms with E-state index in [2.05, 4.69) is 19.9 Å². The van der Waals surface area contributed by atoms with Crippen molar-refractivity contribution < 1.29 is 18.0 Å². The van der Waals surface area contributed by atoms with Gasteiger partial charge in [-0.05, 0) is 12.1 Å². The molecule has 0 atom stereocenters. The molecule has 0 bridgehead atoms. The summed E-state index contributed by atoms with van der Waals surface area (Å²) in [5.41, 5.74) is 0.527. The average molecular weight is 433 g/mol. The summed E-state index contributed by atoms with van der Waals surface area (Å²) in [6.07, 6.45) is 0.771. The third kappa shape index (κ3) is 4.59. The molecular formula is C20H18F3N5OS. The van der Waals surface area contributed by atoms with Gasteiger partial charge in [0.25, 0.3) is 0 Å². The average Bonchev–Trinajstić information content (AvgIpc) is 3.22. The highest BCUT2D eigenvalue weighted by molar-refractivity contribution is 7.13. The zero-order valence-corrected chi connectivity index (χ0v) is 16.7. The topological polar surface area (TPSA) is 62.2 Å². The van der Waals surface area contributed by atoms with Crippen LogP contribution in [0.1, 0.15) is 11.3 Å². The highest BCUT2D eigenvalue weighted by Crippen LogP contribution is 2.31. The summed E-state index contributed by atoms with van der Waals surface area (Å²) in [5.74, 6) is 0.781. The molecule has 3 aromatic rings. The number of thiazole rings is 1. The maximum absolute atomic E-state index is 12.7. The smallest absolute Gasteiger partial charge is 0.352 e. The van der Waals surface area contributed by atoms with Crippen molar-refractivity contribution in [2.45, 2.75) is 12.6 Å². The monoisotopic (exact) mass is 433 g/mol. The molecular weight excluding hydrogens is 415 g/mol. The van der Waals surface area contributed by atoms with Crippen LogP contribution in [-0.4, -0.2) is 51.9 Å². The quantitative estimate of drug-likeness (QED) is 0.630. The molecule has 6 nitrogen and oxygen atoms in total. The van der Waals surface area contributed by atoms with Crippen LogP contribution >= 0.6 is 11.3 Å². The molecule has 1 aromatic carbocycles. The summed E-state index contributed by atoms with van der Waals surface area (Å²) in [5, 5.41) is 2.37. The number of hydrogen-bond donors (Lipinski definition) is 0. The van der Waals surface area contributed by atoms with Crippen LogP contribution in [0.3, 0.4) is 0 Å². The van der Waals surface area contributed by atoms with E-state index in [-0.39, 0.29) is 12.3 Å². The number of benzene rings is 1. The molecule has 4 rings (SSSR count). The Kier molecular flexibility index (Phi) is 5.67. The number of rotatable bonds is 4. The third-order valence-electron chi connectivity index (χ3n) is 4.85. The molecule has 30 heavy (non-hydrogen) atoms.